The molecule has 0 unspecified atom stereocenters. The Morgan fingerprint density at radius 3 is 2.44 bits per heavy atom. The Morgan fingerprint density at radius 1 is 1.19 bits per heavy atom. The molecule has 5 nitrogen and oxygen atoms in total. The van der Waals surface area contributed by atoms with Gasteiger partial charge in [0, 0.05) is 18.4 Å². The van der Waals surface area contributed by atoms with E-state index in [2.05, 4.69) is 15.3 Å². The number of hydrogen-bond acceptors (Lipinski definition) is 4. The van der Waals surface area contributed by atoms with Crippen molar-refractivity contribution in [2.45, 2.75) is 46.5 Å². The first-order chi connectivity index (χ1) is 12.5. The molecule has 0 aromatic carbocycles. The van der Waals surface area contributed by atoms with Crippen LogP contribution in [-0.2, 0) is 12.8 Å². The van der Waals surface area contributed by atoms with Crippen LogP contribution in [0.4, 0.5) is 13.2 Å². The molecule has 1 amide bonds. The molecule has 146 valence electrons. The smallest absolute Gasteiger partial charge is 0.418 e. The Labute approximate surface area is 156 Å². The topological polar surface area (TPSA) is 64.1 Å². The van der Waals surface area contributed by atoms with E-state index < -0.39 is 11.7 Å². The molecule has 1 atom stereocenters. The van der Waals surface area contributed by atoms with E-state index in [1.165, 1.54) is 12.4 Å². The van der Waals surface area contributed by atoms with Crippen molar-refractivity contribution >= 4 is 5.91 Å². The maximum Gasteiger partial charge on any atom is 0.418 e. The summed E-state index contributed by atoms with van der Waals surface area (Å²) in [5.41, 5.74) is -0.0769. The quantitative estimate of drug-likeness (QED) is 0.841. The van der Waals surface area contributed by atoms with Gasteiger partial charge in [0.2, 0.25) is 0 Å². The van der Waals surface area contributed by atoms with E-state index in [1.807, 2.05) is 27.7 Å². The largest absolute Gasteiger partial charge is 0.486 e. The predicted octanol–water partition coefficient (Wildman–Crippen LogP) is 4.24. The Balaban J connectivity index is 1.97. The first kappa shape index (κ1) is 20.7. The summed E-state index contributed by atoms with van der Waals surface area (Å²) in [6.45, 7) is 7.97. The van der Waals surface area contributed by atoms with Gasteiger partial charge in [0.1, 0.15) is 12.4 Å². The van der Waals surface area contributed by atoms with E-state index in [0.29, 0.717) is 11.3 Å². The van der Waals surface area contributed by atoms with Crippen molar-refractivity contribution < 1.29 is 22.7 Å². The van der Waals surface area contributed by atoms with Gasteiger partial charge in [0.25, 0.3) is 5.91 Å². The lowest BCUT2D eigenvalue weighted by Gasteiger charge is -2.28. The third kappa shape index (κ3) is 5.94. The van der Waals surface area contributed by atoms with Crippen LogP contribution < -0.4 is 10.1 Å². The number of amides is 1. The highest BCUT2D eigenvalue weighted by Crippen LogP contribution is 2.30. The maximum absolute atomic E-state index is 12.7. The fourth-order valence-corrected chi connectivity index (χ4v) is 1.95. The molecule has 0 spiro atoms. The van der Waals surface area contributed by atoms with E-state index >= 15 is 0 Å². The Kier molecular flexibility index (Phi) is 6.08. The third-order valence-electron chi connectivity index (χ3n) is 4.16. The standard InChI is InChI=1S/C19H22F3N3O2/c1-12(18(2,3)4)25-17(26)13-5-6-15(24-8-13)11-27-16-7-14(9-23-10-16)19(20,21)22/h5-10,12H,11H2,1-4H3,(H,25,26)/t12-/m1/s1. The van der Waals surface area contributed by atoms with Crippen LogP contribution in [-0.4, -0.2) is 21.9 Å². The number of hydrogen-bond donors (Lipinski definition) is 1. The number of nitrogens with zero attached hydrogens (tertiary/aromatic N) is 2. The SMILES string of the molecule is C[C@@H](NC(=O)c1ccc(COc2cncc(C(F)(F)F)c2)nc1)C(C)(C)C. The molecule has 0 saturated heterocycles. The molecular weight excluding hydrogens is 359 g/mol. The van der Waals surface area contributed by atoms with Gasteiger partial charge < -0.3 is 10.1 Å². The summed E-state index contributed by atoms with van der Waals surface area (Å²) < 4.78 is 43.3. The molecule has 27 heavy (non-hydrogen) atoms. The van der Waals surface area contributed by atoms with Crippen molar-refractivity contribution in [1.29, 1.82) is 0 Å². The van der Waals surface area contributed by atoms with Crippen molar-refractivity contribution in [2.75, 3.05) is 0 Å². The molecule has 0 fully saturated rings. The van der Waals surface area contributed by atoms with Crippen LogP contribution in [0.1, 0.15) is 49.3 Å². The number of aromatic nitrogens is 2. The lowest BCUT2D eigenvalue weighted by molar-refractivity contribution is -0.138. The van der Waals surface area contributed by atoms with Gasteiger partial charge in [-0.05, 0) is 30.5 Å². The zero-order valence-corrected chi connectivity index (χ0v) is 15.6. The minimum absolute atomic E-state index is 0.00699. The summed E-state index contributed by atoms with van der Waals surface area (Å²) in [6.07, 6.45) is -1.14. The molecule has 0 aliphatic rings. The highest BCUT2D eigenvalue weighted by molar-refractivity contribution is 5.94. The van der Waals surface area contributed by atoms with E-state index in [9.17, 15) is 18.0 Å². The number of halogens is 3. The van der Waals surface area contributed by atoms with E-state index in [0.717, 1.165) is 12.3 Å². The number of nitrogens with one attached hydrogen (secondary N) is 1. The van der Waals surface area contributed by atoms with Gasteiger partial charge >= 0.3 is 6.18 Å². The molecule has 0 saturated carbocycles. The zero-order chi connectivity index (χ0) is 20.2. The van der Waals surface area contributed by atoms with Gasteiger partial charge in [-0.15, -0.1) is 0 Å². The Bertz CT molecular complexity index is 784. The molecule has 0 bridgehead atoms. The van der Waals surface area contributed by atoms with Crippen LogP contribution in [0.15, 0.2) is 36.8 Å². The first-order valence-corrected chi connectivity index (χ1v) is 8.37. The summed E-state index contributed by atoms with van der Waals surface area (Å²) in [7, 11) is 0. The number of ether oxygens (including phenoxy) is 1. The molecule has 0 aliphatic heterocycles. The monoisotopic (exact) mass is 381 g/mol. The number of pyridine rings is 2. The second-order valence-corrected chi connectivity index (χ2v) is 7.30. The van der Waals surface area contributed by atoms with Gasteiger partial charge in [-0.2, -0.15) is 13.2 Å². The summed E-state index contributed by atoms with van der Waals surface area (Å²) in [4.78, 5) is 19.9. The summed E-state index contributed by atoms with van der Waals surface area (Å²) in [5, 5.41) is 2.91. The Morgan fingerprint density at radius 2 is 1.89 bits per heavy atom. The van der Waals surface area contributed by atoms with E-state index in [4.69, 9.17) is 4.74 Å². The summed E-state index contributed by atoms with van der Waals surface area (Å²) in [6, 6.07) is 4.04. The molecule has 1 N–H and O–H groups in total. The van der Waals surface area contributed by atoms with Crippen LogP contribution in [0.5, 0.6) is 5.75 Å². The molecule has 0 radical (unpaired) electrons. The number of carbonyl (C=O) groups excluding carboxylic acids is 1. The molecule has 2 heterocycles. The predicted molar refractivity (Wildman–Crippen MR) is 94.2 cm³/mol. The van der Waals surface area contributed by atoms with Crippen LogP contribution >= 0.6 is 0 Å². The lowest BCUT2D eigenvalue weighted by atomic mass is 9.88. The molecule has 2 rings (SSSR count). The van der Waals surface area contributed by atoms with Gasteiger partial charge in [0.15, 0.2) is 0 Å². The van der Waals surface area contributed by atoms with Crippen molar-refractivity contribution in [3.05, 3.63) is 53.6 Å². The van der Waals surface area contributed by atoms with Crippen molar-refractivity contribution in [1.82, 2.24) is 15.3 Å². The zero-order valence-electron chi connectivity index (χ0n) is 15.6. The number of alkyl halides is 3. The van der Waals surface area contributed by atoms with Crippen molar-refractivity contribution in [3.8, 4) is 5.75 Å². The Hall–Kier alpha value is -2.64. The average molecular weight is 381 g/mol. The number of carbonyl (C=O) groups is 1. The van der Waals surface area contributed by atoms with Gasteiger partial charge in [0.05, 0.1) is 23.0 Å². The summed E-state index contributed by atoms with van der Waals surface area (Å²) in [5.74, 6) is -0.244. The van der Waals surface area contributed by atoms with E-state index in [-0.39, 0.29) is 29.7 Å². The minimum atomic E-state index is -4.48. The van der Waals surface area contributed by atoms with Crippen LogP contribution in [0.2, 0.25) is 0 Å². The molecule has 2 aromatic rings. The van der Waals surface area contributed by atoms with Crippen LogP contribution in [0.25, 0.3) is 0 Å². The average Bonchev–Trinajstić information content (AvgIpc) is 2.59. The second kappa shape index (κ2) is 7.94. The highest BCUT2D eigenvalue weighted by Gasteiger charge is 2.31. The van der Waals surface area contributed by atoms with Gasteiger partial charge in [-0.1, -0.05) is 20.8 Å². The normalized spacial score (nSPS) is 13.1. The van der Waals surface area contributed by atoms with Gasteiger partial charge in [-0.3, -0.25) is 14.8 Å². The minimum Gasteiger partial charge on any atom is -0.486 e. The van der Waals surface area contributed by atoms with E-state index in [1.54, 1.807) is 12.1 Å². The first-order valence-electron chi connectivity index (χ1n) is 8.37. The molecule has 0 aliphatic carbocycles. The molecule has 8 heteroatoms. The second-order valence-electron chi connectivity index (χ2n) is 7.30. The van der Waals surface area contributed by atoms with Crippen LogP contribution in [0.3, 0.4) is 0 Å². The third-order valence-corrected chi connectivity index (χ3v) is 4.16. The maximum atomic E-state index is 12.7. The van der Waals surface area contributed by atoms with Crippen molar-refractivity contribution in [3.63, 3.8) is 0 Å². The van der Waals surface area contributed by atoms with Gasteiger partial charge in [-0.25, -0.2) is 0 Å². The highest BCUT2D eigenvalue weighted by atomic mass is 19.4. The summed E-state index contributed by atoms with van der Waals surface area (Å²) >= 11 is 0. The van der Waals surface area contributed by atoms with Crippen molar-refractivity contribution in [2.24, 2.45) is 5.41 Å². The fourth-order valence-electron chi connectivity index (χ4n) is 1.95. The van der Waals surface area contributed by atoms with Crippen LogP contribution in [0, 0.1) is 5.41 Å². The fraction of sp³-hybridized carbons (Fsp3) is 0.421. The lowest BCUT2D eigenvalue weighted by Crippen LogP contribution is -2.41. The molecular formula is C19H22F3N3O2. The molecule has 2 aromatic heterocycles. The number of rotatable bonds is 5.